The van der Waals surface area contributed by atoms with Crippen LogP contribution in [0.15, 0.2) is 36.5 Å². The highest BCUT2D eigenvalue weighted by molar-refractivity contribution is 5.93. The number of carbonyl (C=O) groups is 2. The number of aliphatic carboxylic acids is 1. The molecule has 1 aliphatic heterocycles. The number of halogens is 1. The van der Waals surface area contributed by atoms with E-state index in [4.69, 9.17) is 0 Å². The Kier molecular flexibility index (Phi) is 3.63. The number of benzene rings is 1. The van der Waals surface area contributed by atoms with Gasteiger partial charge in [-0.25, -0.2) is 9.07 Å². The van der Waals surface area contributed by atoms with Gasteiger partial charge in [0.25, 0.3) is 5.91 Å². The lowest BCUT2D eigenvalue weighted by Gasteiger charge is -2.19. The van der Waals surface area contributed by atoms with Gasteiger partial charge in [-0.05, 0) is 37.6 Å². The molecule has 6 nitrogen and oxygen atoms in total. The Bertz CT molecular complexity index is 773. The Morgan fingerprint density at radius 2 is 2.13 bits per heavy atom. The van der Waals surface area contributed by atoms with Gasteiger partial charge in [0.1, 0.15) is 5.82 Å². The summed E-state index contributed by atoms with van der Waals surface area (Å²) in [6, 6.07) is 7.44. The number of likely N-dealkylation sites (tertiary alicyclic amines) is 1. The summed E-state index contributed by atoms with van der Waals surface area (Å²) in [5.74, 6) is -1.61. The molecule has 7 heteroatoms. The maximum atomic E-state index is 13.3. The third-order valence-corrected chi connectivity index (χ3v) is 4.16. The van der Waals surface area contributed by atoms with Crippen molar-refractivity contribution in [2.75, 3.05) is 13.1 Å². The second-order valence-electron chi connectivity index (χ2n) is 5.97. The number of rotatable bonds is 3. The van der Waals surface area contributed by atoms with Crippen LogP contribution in [-0.4, -0.2) is 44.8 Å². The van der Waals surface area contributed by atoms with Crippen LogP contribution in [0.3, 0.4) is 0 Å². The predicted octanol–water partition coefficient (Wildman–Crippen LogP) is 1.95. The second-order valence-corrected chi connectivity index (χ2v) is 5.97. The van der Waals surface area contributed by atoms with Crippen molar-refractivity contribution < 1.29 is 19.1 Å². The van der Waals surface area contributed by atoms with Crippen molar-refractivity contribution >= 4 is 11.9 Å². The van der Waals surface area contributed by atoms with Crippen LogP contribution in [-0.2, 0) is 4.79 Å². The van der Waals surface area contributed by atoms with Crippen molar-refractivity contribution in [1.82, 2.24) is 14.7 Å². The van der Waals surface area contributed by atoms with Gasteiger partial charge in [0.2, 0.25) is 0 Å². The minimum atomic E-state index is -0.916. The molecule has 0 spiro atoms. The largest absolute Gasteiger partial charge is 0.481 e. The van der Waals surface area contributed by atoms with Crippen LogP contribution in [0.5, 0.6) is 0 Å². The van der Waals surface area contributed by atoms with Crippen molar-refractivity contribution in [1.29, 1.82) is 0 Å². The van der Waals surface area contributed by atoms with E-state index in [-0.39, 0.29) is 24.0 Å². The number of nitrogens with zero attached hydrogens (tertiary/aromatic N) is 3. The molecule has 1 unspecified atom stereocenters. The Morgan fingerprint density at radius 3 is 2.78 bits per heavy atom. The Labute approximate surface area is 132 Å². The van der Waals surface area contributed by atoms with E-state index in [9.17, 15) is 19.1 Å². The third-order valence-electron chi connectivity index (χ3n) is 4.16. The van der Waals surface area contributed by atoms with Crippen LogP contribution in [0.2, 0.25) is 0 Å². The Balaban J connectivity index is 1.79. The molecular formula is C16H16FN3O3. The predicted molar refractivity (Wildman–Crippen MR) is 79.8 cm³/mol. The summed E-state index contributed by atoms with van der Waals surface area (Å²) in [4.78, 5) is 25.2. The number of amides is 1. The van der Waals surface area contributed by atoms with Gasteiger partial charge >= 0.3 is 5.97 Å². The van der Waals surface area contributed by atoms with Crippen LogP contribution in [0.1, 0.15) is 23.8 Å². The van der Waals surface area contributed by atoms with E-state index in [0.29, 0.717) is 18.7 Å². The van der Waals surface area contributed by atoms with Gasteiger partial charge in [0.05, 0.1) is 11.1 Å². The van der Waals surface area contributed by atoms with Gasteiger partial charge in [0, 0.05) is 19.3 Å². The SMILES string of the molecule is CC1(C(=O)O)CCN(C(=O)c2ccn(-c3cccc(F)c3)n2)C1. The lowest BCUT2D eigenvalue weighted by molar-refractivity contribution is -0.147. The average molecular weight is 317 g/mol. The first kappa shape index (κ1) is 15.2. The van der Waals surface area contributed by atoms with Crippen LogP contribution < -0.4 is 0 Å². The van der Waals surface area contributed by atoms with Crippen molar-refractivity contribution in [2.24, 2.45) is 5.41 Å². The molecule has 1 aromatic carbocycles. The maximum Gasteiger partial charge on any atom is 0.311 e. The Hall–Kier alpha value is -2.70. The van der Waals surface area contributed by atoms with E-state index in [1.165, 1.54) is 21.7 Å². The maximum absolute atomic E-state index is 13.3. The molecule has 23 heavy (non-hydrogen) atoms. The van der Waals surface area contributed by atoms with E-state index in [1.807, 2.05) is 0 Å². The highest BCUT2D eigenvalue weighted by atomic mass is 19.1. The van der Waals surface area contributed by atoms with E-state index in [0.717, 1.165) is 0 Å². The second kappa shape index (κ2) is 5.49. The molecule has 0 radical (unpaired) electrons. The molecule has 1 atom stereocenters. The van der Waals surface area contributed by atoms with Crippen LogP contribution in [0.25, 0.3) is 5.69 Å². The fourth-order valence-electron chi connectivity index (χ4n) is 2.67. The smallest absolute Gasteiger partial charge is 0.311 e. The summed E-state index contributed by atoms with van der Waals surface area (Å²) in [7, 11) is 0. The zero-order chi connectivity index (χ0) is 16.6. The van der Waals surface area contributed by atoms with Crippen molar-refractivity contribution in [2.45, 2.75) is 13.3 Å². The molecule has 1 aromatic heterocycles. The number of carboxylic acids is 1. The van der Waals surface area contributed by atoms with Crippen LogP contribution in [0, 0.1) is 11.2 Å². The lowest BCUT2D eigenvalue weighted by atomic mass is 9.90. The molecule has 2 heterocycles. The number of hydrogen-bond donors (Lipinski definition) is 1. The molecule has 120 valence electrons. The highest BCUT2D eigenvalue weighted by Gasteiger charge is 2.42. The van der Waals surface area contributed by atoms with Crippen LogP contribution >= 0.6 is 0 Å². The van der Waals surface area contributed by atoms with E-state index < -0.39 is 11.4 Å². The van der Waals surface area contributed by atoms with E-state index in [2.05, 4.69) is 5.10 Å². The van der Waals surface area contributed by atoms with E-state index in [1.54, 1.807) is 31.3 Å². The fraction of sp³-hybridized carbons (Fsp3) is 0.312. The summed E-state index contributed by atoms with van der Waals surface area (Å²) in [6.07, 6.45) is 1.99. The molecule has 1 fully saturated rings. The molecule has 0 aliphatic carbocycles. The molecule has 2 aromatic rings. The monoisotopic (exact) mass is 317 g/mol. The summed E-state index contributed by atoms with van der Waals surface area (Å²) in [5, 5.41) is 13.4. The number of carbonyl (C=O) groups excluding carboxylic acids is 1. The van der Waals surface area contributed by atoms with Gasteiger partial charge < -0.3 is 10.0 Å². The first-order chi connectivity index (χ1) is 10.9. The first-order valence-corrected chi connectivity index (χ1v) is 7.23. The number of aromatic nitrogens is 2. The van der Waals surface area contributed by atoms with Gasteiger partial charge in [0.15, 0.2) is 5.69 Å². The topological polar surface area (TPSA) is 75.4 Å². The van der Waals surface area contributed by atoms with Crippen molar-refractivity contribution in [3.63, 3.8) is 0 Å². The molecular weight excluding hydrogens is 301 g/mol. The summed E-state index contributed by atoms with van der Waals surface area (Å²) in [5.41, 5.74) is -0.189. The fourth-order valence-corrected chi connectivity index (χ4v) is 2.67. The molecule has 1 saturated heterocycles. The zero-order valence-electron chi connectivity index (χ0n) is 12.6. The summed E-state index contributed by atoms with van der Waals surface area (Å²) in [6.45, 7) is 2.18. The van der Waals surface area contributed by atoms with Crippen molar-refractivity contribution in [3.8, 4) is 5.69 Å². The standard InChI is InChI=1S/C16H16FN3O3/c1-16(15(22)23)6-8-19(10-16)14(21)13-5-7-20(18-13)12-4-2-3-11(17)9-12/h2-5,7,9H,6,8,10H2,1H3,(H,22,23). The molecule has 0 bridgehead atoms. The average Bonchev–Trinajstić information content (AvgIpc) is 3.14. The molecule has 0 saturated carbocycles. The van der Waals surface area contributed by atoms with Gasteiger partial charge in [-0.1, -0.05) is 6.07 Å². The van der Waals surface area contributed by atoms with E-state index >= 15 is 0 Å². The van der Waals surface area contributed by atoms with Crippen molar-refractivity contribution in [3.05, 3.63) is 48.0 Å². The zero-order valence-corrected chi connectivity index (χ0v) is 12.6. The molecule has 3 rings (SSSR count). The van der Waals surface area contributed by atoms with Gasteiger partial charge in [-0.15, -0.1) is 0 Å². The quantitative estimate of drug-likeness (QED) is 0.939. The lowest BCUT2D eigenvalue weighted by Crippen LogP contribution is -2.35. The minimum Gasteiger partial charge on any atom is -0.481 e. The van der Waals surface area contributed by atoms with Gasteiger partial charge in [-0.3, -0.25) is 9.59 Å². The molecule has 1 aliphatic rings. The normalized spacial score (nSPS) is 20.7. The number of carboxylic acid groups (broad SMARTS) is 1. The van der Waals surface area contributed by atoms with Gasteiger partial charge in [-0.2, -0.15) is 5.10 Å². The summed E-state index contributed by atoms with van der Waals surface area (Å²) >= 11 is 0. The molecule has 1 amide bonds. The number of hydrogen-bond acceptors (Lipinski definition) is 3. The highest BCUT2D eigenvalue weighted by Crippen LogP contribution is 2.30. The minimum absolute atomic E-state index is 0.161. The Morgan fingerprint density at radius 1 is 1.35 bits per heavy atom. The summed E-state index contributed by atoms with van der Waals surface area (Å²) < 4.78 is 14.7. The third kappa shape index (κ3) is 2.81. The first-order valence-electron chi connectivity index (χ1n) is 7.23. The van der Waals surface area contributed by atoms with Crippen LogP contribution in [0.4, 0.5) is 4.39 Å². The molecule has 1 N–H and O–H groups in total.